The molecule has 0 aliphatic carbocycles. The maximum atomic E-state index is 13.9. The van der Waals surface area contributed by atoms with Gasteiger partial charge in [-0.1, -0.05) is 0 Å². The van der Waals surface area contributed by atoms with Gasteiger partial charge >= 0.3 is 0 Å². The van der Waals surface area contributed by atoms with Crippen molar-refractivity contribution in [2.24, 2.45) is 0 Å². The van der Waals surface area contributed by atoms with Crippen LogP contribution in [0.2, 0.25) is 0 Å². The zero-order chi connectivity index (χ0) is 14.8. The van der Waals surface area contributed by atoms with Gasteiger partial charge in [0.2, 0.25) is 5.91 Å². The molecule has 0 aromatic heterocycles. The first-order valence-corrected chi connectivity index (χ1v) is 7.69. The van der Waals surface area contributed by atoms with Gasteiger partial charge in [-0.15, -0.1) is 0 Å². The predicted octanol–water partition coefficient (Wildman–Crippen LogP) is 2.82. The van der Waals surface area contributed by atoms with Crippen molar-refractivity contribution in [3.63, 3.8) is 0 Å². The first kappa shape index (κ1) is 14.3. The van der Waals surface area contributed by atoms with E-state index in [0.29, 0.717) is 23.5 Å². The normalized spacial score (nSPS) is 25.4. The van der Waals surface area contributed by atoms with E-state index in [-0.39, 0.29) is 11.7 Å². The third-order valence-corrected chi connectivity index (χ3v) is 4.47. The van der Waals surface area contributed by atoms with Gasteiger partial charge in [0.1, 0.15) is 5.82 Å². The van der Waals surface area contributed by atoms with Crippen LogP contribution in [0, 0.1) is 5.82 Å². The SMILES string of the molecule is CC(=O)Nc1ccc(F)c(NC2CCN3CCCC3C2)c1. The molecule has 2 fully saturated rings. The number of carbonyl (C=O) groups is 1. The number of benzene rings is 1. The van der Waals surface area contributed by atoms with Crippen molar-refractivity contribution in [2.75, 3.05) is 23.7 Å². The standard InChI is InChI=1S/C16H22FN3O/c1-11(21)18-12-4-5-15(17)16(10-12)19-13-6-8-20-7-2-3-14(20)9-13/h4-5,10,13-14,19H,2-3,6-9H2,1H3,(H,18,21). The van der Waals surface area contributed by atoms with E-state index in [0.717, 1.165) is 19.4 Å². The molecule has 2 N–H and O–H groups in total. The Labute approximate surface area is 124 Å². The first-order chi connectivity index (χ1) is 10.1. The van der Waals surface area contributed by atoms with Crippen LogP contribution in [-0.2, 0) is 4.79 Å². The highest BCUT2D eigenvalue weighted by Crippen LogP contribution is 2.29. The summed E-state index contributed by atoms with van der Waals surface area (Å²) in [5.41, 5.74) is 1.11. The number of nitrogens with one attached hydrogen (secondary N) is 2. The van der Waals surface area contributed by atoms with Crippen LogP contribution in [0.3, 0.4) is 0 Å². The molecule has 2 heterocycles. The van der Waals surface area contributed by atoms with E-state index in [1.165, 1.54) is 32.4 Å². The van der Waals surface area contributed by atoms with E-state index in [2.05, 4.69) is 15.5 Å². The van der Waals surface area contributed by atoms with Crippen molar-refractivity contribution in [2.45, 2.75) is 44.7 Å². The average molecular weight is 291 g/mol. The zero-order valence-electron chi connectivity index (χ0n) is 12.4. The average Bonchev–Trinajstić information content (AvgIpc) is 2.89. The Morgan fingerprint density at radius 3 is 3.00 bits per heavy atom. The monoisotopic (exact) mass is 291 g/mol. The minimum atomic E-state index is -0.266. The van der Waals surface area contributed by atoms with Crippen molar-refractivity contribution >= 4 is 17.3 Å². The molecule has 0 spiro atoms. The molecule has 2 aliphatic heterocycles. The number of amides is 1. The van der Waals surface area contributed by atoms with Crippen molar-refractivity contribution < 1.29 is 9.18 Å². The molecule has 114 valence electrons. The largest absolute Gasteiger partial charge is 0.380 e. The molecule has 2 unspecified atom stereocenters. The second-order valence-corrected chi connectivity index (χ2v) is 6.07. The van der Waals surface area contributed by atoms with Crippen LogP contribution in [0.1, 0.15) is 32.6 Å². The fraction of sp³-hybridized carbons (Fsp3) is 0.562. The molecule has 2 aliphatic rings. The van der Waals surface area contributed by atoms with Gasteiger partial charge in [-0.2, -0.15) is 0 Å². The Kier molecular flexibility index (Phi) is 4.10. The fourth-order valence-corrected chi connectivity index (χ4v) is 3.49. The molecule has 5 heteroatoms. The summed E-state index contributed by atoms with van der Waals surface area (Å²) in [5.74, 6) is -0.412. The molecule has 0 radical (unpaired) electrons. The second kappa shape index (κ2) is 6.02. The van der Waals surface area contributed by atoms with E-state index in [4.69, 9.17) is 0 Å². The summed E-state index contributed by atoms with van der Waals surface area (Å²) >= 11 is 0. The van der Waals surface area contributed by atoms with Crippen LogP contribution in [0.15, 0.2) is 18.2 Å². The number of rotatable bonds is 3. The molecule has 2 atom stereocenters. The van der Waals surface area contributed by atoms with Gasteiger partial charge in [0, 0.05) is 31.2 Å². The first-order valence-electron chi connectivity index (χ1n) is 7.69. The highest BCUT2D eigenvalue weighted by Gasteiger charge is 2.31. The third kappa shape index (κ3) is 3.35. The van der Waals surface area contributed by atoms with Gasteiger partial charge in [0.25, 0.3) is 0 Å². The van der Waals surface area contributed by atoms with Crippen molar-refractivity contribution in [1.29, 1.82) is 0 Å². The maximum Gasteiger partial charge on any atom is 0.221 e. The van der Waals surface area contributed by atoms with Crippen LogP contribution in [0.5, 0.6) is 0 Å². The lowest BCUT2D eigenvalue weighted by Gasteiger charge is -2.35. The summed E-state index contributed by atoms with van der Waals surface area (Å²) in [5, 5.41) is 6.02. The Balaban J connectivity index is 1.67. The van der Waals surface area contributed by atoms with Crippen LogP contribution >= 0.6 is 0 Å². The number of anilines is 2. The van der Waals surface area contributed by atoms with Gasteiger partial charge in [0.15, 0.2) is 0 Å². The summed E-state index contributed by atoms with van der Waals surface area (Å²) in [6.45, 7) is 3.76. The van der Waals surface area contributed by atoms with E-state index < -0.39 is 0 Å². The molecule has 0 bridgehead atoms. The fourth-order valence-electron chi connectivity index (χ4n) is 3.49. The third-order valence-electron chi connectivity index (χ3n) is 4.47. The van der Waals surface area contributed by atoms with E-state index in [9.17, 15) is 9.18 Å². The molecule has 1 aromatic rings. The van der Waals surface area contributed by atoms with Gasteiger partial charge in [0.05, 0.1) is 5.69 Å². The number of hydrogen-bond donors (Lipinski definition) is 2. The maximum absolute atomic E-state index is 13.9. The minimum absolute atomic E-state index is 0.146. The van der Waals surface area contributed by atoms with Gasteiger partial charge in [-0.3, -0.25) is 4.79 Å². The summed E-state index contributed by atoms with van der Waals surface area (Å²) < 4.78 is 13.9. The molecule has 0 saturated carbocycles. The van der Waals surface area contributed by atoms with Crippen molar-refractivity contribution in [3.05, 3.63) is 24.0 Å². The number of carbonyl (C=O) groups excluding carboxylic acids is 1. The summed E-state index contributed by atoms with van der Waals surface area (Å²) in [6.07, 6.45) is 4.65. The van der Waals surface area contributed by atoms with E-state index in [1.807, 2.05) is 0 Å². The topological polar surface area (TPSA) is 44.4 Å². The number of piperidine rings is 1. The Morgan fingerprint density at radius 2 is 2.19 bits per heavy atom. The van der Waals surface area contributed by atoms with Gasteiger partial charge < -0.3 is 15.5 Å². The van der Waals surface area contributed by atoms with E-state index >= 15 is 0 Å². The summed E-state index contributed by atoms with van der Waals surface area (Å²) in [4.78, 5) is 13.6. The molecule has 3 rings (SSSR count). The quantitative estimate of drug-likeness (QED) is 0.900. The predicted molar refractivity (Wildman–Crippen MR) is 81.9 cm³/mol. The molecule has 1 aromatic carbocycles. The number of fused-ring (bicyclic) bond motifs is 1. The van der Waals surface area contributed by atoms with Crippen LogP contribution in [-0.4, -0.2) is 36.0 Å². The number of halogens is 1. The van der Waals surface area contributed by atoms with E-state index in [1.54, 1.807) is 12.1 Å². The lowest BCUT2D eigenvalue weighted by atomic mass is 9.97. The van der Waals surface area contributed by atoms with Crippen molar-refractivity contribution in [1.82, 2.24) is 4.90 Å². The minimum Gasteiger partial charge on any atom is -0.380 e. The molecule has 4 nitrogen and oxygen atoms in total. The van der Waals surface area contributed by atoms with Crippen LogP contribution < -0.4 is 10.6 Å². The number of nitrogens with zero attached hydrogens (tertiary/aromatic N) is 1. The Morgan fingerprint density at radius 1 is 1.33 bits per heavy atom. The molecule has 21 heavy (non-hydrogen) atoms. The lowest BCUT2D eigenvalue weighted by Crippen LogP contribution is -2.42. The second-order valence-electron chi connectivity index (χ2n) is 6.07. The summed E-state index contributed by atoms with van der Waals surface area (Å²) in [7, 11) is 0. The molecule has 2 saturated heterocycles. The lowest BCUT2D eigenvalue weighted by molar-refractivity contribution is -0.114. The highest BCUT2D eigenvalue weighted by molar-refractivity contribution is 5.89. The van der Waals surface area contributed by atoms with Crippen LogP contribution in [0.4, 0.5) is 15.8 Å². The van der Waals surface area contributed by atoms with Crippen LogP contribution in [0.25, 0.3) is 0 Å². The summed E-state index contributed by atoms with van der Waals surface area (Å²) in [6, 6.07) is 5.63. The molecular formula is C16H22FN3O. The van der Waals surface area contributed by atoms with Gasteiger partial charge in [-0.05, 0) is 50.4 Å². The molecule has 1 amide bonds. The Hall–Kier alpha value is -1.62. The zero-order valence-corrected chi connectivity index (χ0v) is 12.4. The smallest absolute Gasteiger partial charge is 0.221 e. The highest BCUT2D eigenvalue weighted by atomic mass is 19.1. The molecular weight excluding hydrogens is 269 g/mol. The van der Waals surface area contributed by atoms with Crippen molar-refractivity contribution in [3.8, 4) is 0 Å². The number of hydrogen-bond acceptors (Lipinski definition) is 3. The Bertz CT molecular complexity index is 534. The van der Waals surface area contributed by atoms with Gasteiger partial charge in [-0.25, -0.2) is 4.39 Å².